The summed E-state index contributed by atoms with van der Waals surface area (Å²) in [5, 5.41) is 2.63. The molecule has 19 heavy (non-hydrogen) atoms. The molecule has 0 aliphatic rings. The molecule has 102 valence electrons. The van der Waals surface area contributed by atoms with Crippen LogP contribution in [0.4, 0.5) is 0 Å². The highest BCUT2D eigenvalue weighted by atomic mass is 16.5. The van der Waals surface area contributed by atoms with Crippen LogP contribution in [-0.4, -0.2) is 26.7 Å². The zero-order valence-corrected chi connectivity index (χ0v) is 11.4. The lowest BCUT2D eigenvalue weighted by Gasteiger charge is -2.10. The zero-order chi connectivity index (χ0) is 13.9. The predicted molar refractivity (Wildman–Crippen MR) is 74.3 cm³/mol. The number of nitrogens with one attached hydrogen (secondary N) is 1. The molecule has 1 aromatic carbocycles. The van der Waals surface area contributed by atoms with Crippen LogP contribution in [0.3, 0.4) is 0 Å². The summed E-state index contributed by atoms with van der Waals surface area (Å²) in [5.41, 5.74) is 1.08. The van der Waals surface area contributed by atoms with Gasteiger partial charge in [-0.15, -0.1) is 5.92 Å². The summed E-state index contributed by atoms with van der Waals surface area (Å²) in [5.74, 6) is 7.22. The minimum Gasteiger partial charge on any atom is -0.493 e. The van der Waals surface area contributed by atoms with Gasteiger partial charge >= 0.3 is 0 Å². The minimum atomic E-state index is 0.357. The molecule has 0 fully saturated rings. The highest BCUT2D eigenvalue weighted by Gasteiger charge is 2.05. The SMILES string of the molecule is CCC#CCOc1ccc(CCNC=O)cc1OC. The smallest absolute Gasteiger partial charge is 0.207 e. The first kappa shape index (κ1) is 14.9. The maximum absolute atomic E-state index is 10.2. The molecule has 1 amide bonds. The van der Waals surface area contributed by atoms with E-state index >= 15 is 0 Å². The van der Waals surface area contributed by atoms with Gasteiger partial charge in [-0.25, -0.2) is 0 Å². The zero-order valence-electron chi connectivity index (χ0n) is 11.4. The average Bonchev–Trinajstić information content (AvgIpc) is 2.44. The Bertz CT molecular complexity index is 460. The number of ether oxygens (including phenoxy) is 2. The Morgan fingerprint density at radius 2 is 2.16 bits per heavy atom. The van der Waals surface area contributed by atoms with Crippen molar-refractivity contribution >= 4 is 6.41 Å². The Labute approximate surface area is 114 Å². The van der Waals surface area contributed by atoms with Gasteiger partial charge in [0.25, 0.3) is 0 Å². The topological polar surface area (TPSA) is 47.6 Å². The monoisotopic (exact) mass is 261 g/mol. The van der Waals surface area contributed by atoms with Gasteiger partial charge in [-0.05, 0) is 24.1 Å². The predicted octanol–water partition coefficient (Wildman–Crippen LogP) is 1.78. The molecule has 0 aliphatic heterocycles. The average molecular weight is 261 g/mol. The van der Waals surface area contributed by atoms with Gasteiger partial charge in [0, 0.05) is 13.0 Å². The van der Waals surface area contributed by atoms with Crippen LogP contribution in [0.5, 0.6) is 11.5 Å². The highest BCUT2D eigenvalue weighted by Crippen LogP contribution is 2.28. The van der Waals surface area contributed by atoms with Gasteiger partial charge in [-0.1, -0.05) is 18.9 Å². The molecule has 1 rings (SSSR count). The van der Waals surface area contributed by atoms with Gasteiger partial charge in [-0.2, -0.15) is 0 Å². The van der Waals surface area contributed by atoms with E-state index in [4.69, 9.17) is 9.47 Å². The fourth-order valence-corrected chi connectivity index (χ4v) is 1.55. The van der Waals surface area contributed by atoms with E-state index in [1.807, 2.05) is 25.1 Å². The number of amides is 1. The van der Waals surface area contributed by atoms with Crippen LogP contribution in [0, 0.1) is 11.8 Å². The number of carbonyl (C=O) groups is 1. The quantitative estimate of drug-likeness (QED) is 0.462. The van der Waals surface area contributed by atoms with Crippen molar-refractivity contribution in [3.8, 4) is 23.3 Å². The van der Waals surface area contributed by atoms with Crippen LogP contribution in [0.15, 0.2) is 18.2 Å². The largest absolute Gasteiger partial charge is 0.493 e. The molecular weight excluding hydrogens is 242 g/mol. The molecule has 0 aliphatic carbocycles. The van der Waals surface area contributed by atoms with Crippen LogP contribution >= 0.6 is 0 Å². The van der Waals surface area contributed by atoms with E-state index in [1.165, 1.54) is 0 Å². The van der Waals surface area contributed by atoms with Crippen molar-refractivity contribution in [2.75, 3.05) is 20.3 Å². The number of hydrogen-bond acceptors (Lipinski definition) is 3. The van der Waals surface area contributed by atoms with Crippen molar-refractivity contribution in [2.24, 2.45) is 0 Å². The molecule has 0 atom stereocenters. The number of carbonyl (C=O) groups excluding carboxylic acids is 1. The lowest BCUT2D eigenvalue weighted by molar-refractivity contribution is -0.109. The Kier molecular flexibility index (Phi) is 6.96. The van der Waals surface area contributed by atoms with Gasteiger partial charge < -0.3 is 14.8 Å². The highest BCUT2D eigenvalue weighted by molar-refractivity contribution is 5.46. The van der Waals surface area contributed by atoms with Crippen molar-refractivity contribution in [3.05, 3.63) is 23.8 Å². The lowest BCUT2D eigenvalue weighted by atomic mass is 10.1. The summed E-state index contributed by atoms with van der Waals surface area (Å²) in [6, 6.07) is 5.73. The Morgan fingerprint density at radius 1 is 1.32 bits per heavy atom. The molecule has 4 heteroatoms. The first-order valence-corrected chi connectivity index (χ1v) is 6.24. The van der Waals surface area contributed by atoms with Crippen molar-refractivity contribution in [1.82, 2.24) is 5.32 Å². The first-order valence-electron chi connectivity index (χ1n) is 6.24. The van der Waals surface area contributed by atoms with Crippen molar-refractivity contribution in [2.45, 2.75) is 19.8 Å². The fourth-order valence-electron chi connectivity index (χ4n) is 1.55. The Balaban J connectivity index is 2.64. The summed E-state index contributed by atoms with van der Waals surface area (Å²) in [6.45, 7) is 2.96. The van der Waals surface area contributed by atoms with Gasteiger partial charge in [0.1, 0.15) is 6.61 Å². The third-order valence-electron chi connectivity index (χ3n) is 2.47. The molecule has 0 saturated heterocycles. The number of benzene rings is 1. The first-order chi connectivity index (χ1) is 9.31. The van der Waals surface area contributed by atoms with Crippen molar-refractivity contribution in [3.63, 3.8) is 0 Å². The van der Waals surface area contributed by atoms with Crippen molar-refractivity contribution in [1.29, 1.82) is 0 Å². The third-order valence-corrected chi connectivity index (χ3v) is 2.47. The molecule has 0 aromatic heterocycles. The summed E-state index contributed by atoms with van der Waals surface area (Å²) in [4.78, 5) is 10.2. The number of methoxy groups -OCH3 is 1. The van der Waals surface area contributed by atoms with E-state index in [2.05, 4.69) is 17.2 Å². The molecular formula is C15H19NO3. The summed E-state index contributed by atoms with van der Waals surface area (Å²) in [7, 11) is 1.60. The van der Waals surface area contributed by atoms with Gasteiger partial charge in [-0.3, -0.25) is 4.79 Å². The van der Waals surface area contributed by atoms with Crippen LogP contribution in [-0.2, 0) is 11.2 Å². The fraction of sp³-hybridized carbons (Fsp3) is 0.400. The molecule has 0 radical (unpaired) electrons. The van der Waals surface area contributed by atoms with E-state index in [0.717, 1.165) is 18.4 Å². The van der Waals surface area contributed by atoms with E-state index in [-0.39, 0.29) is 0 Å². The normalized spacial score (nSPS) is 9.16. The maximum atomic E-state index is 10.2. The number of hydrogen-bond donors (Lipinski definition) is 1. The van der Waals surface area contributed by atoms with E-state index in [0.29, 0.717) is 31.1 Å². The Morgan fingerprint density at radius 3 is 2.84 bits per heavy atom. The molecule has 1 aromatic rings. The van der Waals surface area contributed by atoms with Crippen LogP contribution in [0.2, 0.25) is 0 Å². The van der Waals surface area contributed by atoms with Gasteiger partial charge in [0.15, 0.2) is 11.5 Å². The summed E-state index contributed by atoms with van der Waals surface area (Å²) < 4.78 is 10.8. The molecule has 1 N–H and O–H groups in total. The minimum absolute atomic E-state index is 0.357. The van der Waals surface area contributed by atoms with Crippen LogP contribution in [0.25, 0.3) is 0 Å². The van der Waals surface area contributed by atoms with E-state index in [1.54, 1.807) is 7.11 Å². The summed E-state index contributed by atoms with van der Waals surface area (Å²) >= 11 is 0. The molecule has 0 unspecified atom stereocenters. The third kappa shape index (κ3) is 5.35. The Hall–Kier alpha value is -2.15. The van der Waals surface area contributed by atoms with E-state index in [9.17, 15) is 4.79 Å². The van der Waals surface area contributed by atoms with Gasteiger partial charge in [0.05, 0.1) is 7.11 Å². The summed E-state index contributed by atoms with van der Waals surface area (Å²) in [6.07, 6.45) is 2.27. The standard InChI is InChI=1S/C15H19NO3/c1-3-4-5-10-19-14-7-6-13(8-9-16-12-17)11-15(14)18-2/h6-7,11-12H,3,8-10H2,1-2H3,(H,16,17). The van der Waals surface area contributed by atoms with E-state index < -0.39 is 0 Å². The van der Waals surface area contributed by atoms with Crippen LogP contribution < -0.4 is 14.8 Å². The second-order valence-corrected chi connectivity index (χ2v) is 3.80. The molecule has 0 saturated carbocycles. The van der Waals surface area contributed by atoms with Crippen molar-refractivity contribution < 1.29 is 14.3 Å². The molecule has 0 bridgehead atoms. The molecule has 0 heterocycles. The second-order valence-electron chi connectivity index (χ2n) is 3.80. The maximum Gasteiger partial charge on any atom is 0.207 e. The molecule has 4 nitrogen and oxygen atoms in total. The lowest BCUT2D eigenvalue weighted by Crippen LogP contribution is -2.14. The van der Waals surface area contributed by atoms with Crippen LogP contribution in [0.1, 0.15) is 18.9 Å². The number of rotatable bonds is 7. The molecule has 0 spiro atoms. The second kappa shape index (κ2) is 8.87. The van der Waals surface area contributed by atoms with Gasteiger partial charge in [0.2, 0.25) is 6.41 Å².